The molecule has 0 radical (unpaired) electrons. The summed E-state index contributed by atoms with van der Waals surface area (Å²) in [5.41, 5.74) is -0.0966. The molecule has 0 spiro atoms. The average molecular weight is 270 g/mol. The fourth-order valence-corrected chi connectivity index (χ4v) is 3.06. The monoisotopic (exact) mass is 270 g/mol. The van der Waals surface area contributed by atoms with Gasteiger partial charge in [-0.25, -0.2) is 0 Å². The fraction of sp³-hybridized carbons (Fsp3) is 1.00. The minimum atomic E-state index is -0.0966. The quantitative estimate of drug-likeness (QED) is 0.712. The van der Waals surface area contributed by atoms with E-state index in [0.29, 0.717) is 0 Å². The van der Waals surface area contributed by atoms with Crippen LogP contribution in [0.15, 0.2) is 0 Å². The number of hydrogen-bond donors (Lipinski definition) is 2. The van der Waals surface area contributed by atoms with Gasteiger partial charge in [-0.15, -0.1) is 0 Å². The highest BCUT2D eigenvalue weighted by atomic mass is 16.3. The summed E-state index contributed by atoms with van der Waals surface area (Å²) >= 11 is 0. The standard InChI is InChI=1S/C16H34N2O/c1-5-10-17-16(4,13-19)9-7-12-18-11-6-8-14(2)15(18)3/h14-15,17,19H,5-13H2,1-4H3. The molecule has 1 saturated heterocycles. The summed E-state index contributed by atoms with van der Waals surface area (Å²) in [5.74, 6) is 0.830. The number of aliphatic hydroxyl groups excluding tert-OH is 1. The fourth-order valence-electron chi connectivity index (χ4n) is 3.06. The lowest BCUT2D eigenvalue weighted by Gasteiger charge is -2.38. The number of piperidine rings is 1. The lowest BCUT2D eigenvalue weighted by atomic mass is 9.91. The van der Waals surface area contributed by atoms with E-state index in [0.717, 1.165) is 31.3 Å². The summed E-state index contributed by atoms with van der Waals surface area (Å²) in [5, 5.41) is 13.1. The van der Waals surface area contributed by atoms with Crippen LogP contribution in [0.2, 0.25) is 0 Å². The summed E-state index contributed by atoms with van der Waals surface area (Å²) in [6.07, 6.45) is 6.07. The SMILES string of the molecule is CCCNC(C)(CO)CCCN1CCCC(C)C1C. The van der Waals surface area contributed by atoms with E-state index in [1.54, 1.807) is 0 Å². The Morgan fingerprint density at radius 3 is 2.74 bits per heavy atom. The maximum atomic E-state index is 9.57. The molecule has 114 valence electrons. The van der Waals surface area contributed by atoms with E-state index >= 15 is 0 Å². The lowest BCUT2D eigenvalue weighted by molar-refractivity contribution is 0.102. The minimum absolute atomic E-state index is 0.0966. The molecule has 1 heterocycles. The Kier molecular flexibility index (Phi) is 7.33. The molecule has 0 aromatic carbocycles. The molecule has 3 nitrogen and oxygen atoms in total. The number of rotatable bonds is 8. The van der Waals surface area contributed by atoms with Crippen LogP contribution in [0.1, 0.15) is 59.8 Å². The lowest BCUT2D eigenvalue weighted by Crippen LogP contribution is -2.47. The molecule has 2 N–H and O–H groups in total. The molecule has 0 bridgehead atoms. The van der Waals surface area contributed by atoms with Gasteiger partial charge in [0.05, 0.1) is 6.61 Å². The second kappa shape index (κ2) is 8.23. The molecule has 1 aliphatic rings. The Morgan fingerprint density at radius 2 is 2.11 bits per heavy atom. The minimum Gasteiger partial charge on any atom is -0.394 e. The molecule has 19 heavy (non-hydrogen) atoms. The average Bonchev–Trinajstić information content (AvgIpc) is 2.41. The van der Waals surface area contributed by atoms with Crippen molar-refractivity contribution in [3.63, 3.8) is 0 Å². The van der Waals surface area contributed by atoms with Gasteiger partial charge in [0.1, 0.15) is 0 Å². The van der Waals surface area contributed by atoms with Crippen LogP contribution in [-0.2, 0) is 0 Å². The van der Waals surface area contributed by atoms with Crippen LogP contribution in [0.4, 0.5) is 0 Å². The maximum absolute atomic E-state index is 9.57. The number of aliphatic hydroxyl groups is 1. The number of nitrogens with zero attached hydrogens (tertiary/aromatic N) is 1. The Morgan fingerprint density at radius 1 is 1.37 bits per heavy atom. The predicted molar refractivity (Wildman–Crippen MR) is 82.5 cm³/mol. The zero-order valence-corrected chi connectivity index (χ0v) is 13.4. The molecule has 0 amide bonds. The topological polar surface area (TPSA) is 35.5 Å². The third kappa shape index (κ3) is 5.41. The molecule has 0 aromatic rings. The van der Waals surface area contributed by atoms with Crippen LogP contribution in [0.5, 0.6) is 0 Å². The Labute approximate surface area is 119 Å². The molecule has 3 atom stereocenters. The van der Waals surface area contributed by atoms with Crippen molar-refractivity contribution in [1.29, 1.82) is 0 Å². The van der Waals surface area contributed by atoms with E-state index in [1.807, 2.05) is 0 Å². The molecule has 0 aliphatic carbocycles. The van der Waals surface area contributed by atoms with E-state index in [2.05, 4.69) is 37.9 Å². The molecular formula is C16H34N2O. The first-order valence-electron chi connectivity index (χ1n) is 8.12. The van der Waals surface area contributed by atoms with Crippen molar-refractivity contribution in [2.75, 3.05) is 26.2 Å². The van der Waals surface area contributed by atoms with Crippen molar-refractivity contribution < 1.29 is 5.11 Å². The van der Waals surface area contributed by atoms with Crippen LogP contribution in [0.3, 0.4) is 0 Å². The van der Waals surface area contributed by atoms with E-state index in [9.17, 15) is 5.11 Å². The van der Waals surface area contributed by atoms with Crippen molar-refractivity contribution >= 4 is 0 Å². The van der Waals surface area contributed by atoms with Crippen LogP contribution < -0.4 is 5.32 Å². The van der Waals surface area contributed by atoms with Gasteiger partial charge in [0.25, 0.3) is 0 Å². The molecule has 0 aromatic heterocycles. The zero-order chi connectivity index (χ0) is 14.3. The van der Waals surface area contributed by atoms with E-state index in [4.69, 9.17) is 0 Å². The van der Waals surface area contributed by atoms with Crippen LogP contribution >= 0.6 is 0 Å². The van der Waals surface area contributed by atoms with Gasteiger partial charge >= 0.3 is 0 Å². The highest BCUT2D eigenvalue weighted by molar-refractivity contribution is 4.84. The normalized spacial score (nSPS) is 28.3. The zero-order valence-electron chi connectivity index (χ0n) is 13.4. The van der Waals surface area contributed by atoms with Gasteiger partial charge in [-0.3, -0.25) is 0 Å². The number of nitrogens with one attached hydrogen (secondary N) is 1. The summed E-state index contributed by atoms with van der Waals surface area (Å²) in [6.45, 7) is 12.7. The predicted octanol–water partition coefficient (Wildman–Crippen LogP) is 2.64. The molecule has 1 fully saturated rings. The number of likely N-dealkylation sites (tertiary alicyclic amines) is 1. The van der Waals surface area contributed by atoms with Crippen LogP contribution in [0.25, 0.3) is 0 Å². The van der Waals surface area contributed by atoms with E-state index in [-0.39, 0.29) is 12.1 Å². The van der Waals surface area contributed by atoms with Gasteiger partial charge in [-0.1, -0.05) is 13.8 Å². The molecule has 1 aliphatic heterocycles. The van der Waals surface area contributed by atoms with Crippen LogP contribution in [0, 0.1) is 5.92 Å². The second-order valence-corrected chi connectivity index (χ2v) is 6.65. The van der Waals surface area contributed by atoms with Crippen molar-refractivity contribution in [2.45, 2.75) is 71.4 Å². The van der Waals surface area contributed by atoms with Crippen molar-refractivity contribution in [1.82, 2.24) is 10.2 Å². The van der Waals surface area contributed by atoms with Crippen molar-refractivity contribution in [2.24, 2.45) is 5.92 Å². The molecule has 3 unspecified atom stereocenters. The van der Waals surface area contributed by atoms with Gasteiger partial charge in [0.15, 0.2) is 0 Å². The first kappa shape index (κ1) is 16.9. The third-order valence-corrected chi connectivity index (χ3v) is 4.83. The first-order chi connectivity index (χ1) is 9.02. The van der Waals surface area contributed by atoms with Crippen molar-refractivity contribution in [3.05, 3.63) is 0 Å². The number of hydrogen-bond acceptors (Lipinski definition) is 3. The second-order valence-electron chi connectivity index (χ2n) is 6.65. The smallest absolute Gasteiger partial charge is 0.0610 e. The highest BCUT2D eigenvalue weighted by Gasteiger charge is 2.26. The maximum Gasteiger partial charge on any atom is 0.0610 e. The van der Waals surface area contributed by atoms with Gasteiger partial charge in [-0.2, -0.15) is 0 Å². The first-order valence-corrected chi connectivity index (χ1v) is 8.12. The van der Waals surface area contributed by atoms with E-state index in [1.165, 1.54) is 32.4 Å². The molecular weight excluding hydrogens is 236 g/mol. The molecule has 1 rings (SSSR count). The summed E-state index contributed by atoms with van der Waals surface area (Å²) in [4.78, 5) is 2.63. The third-order valence-electron chi connectivity index (χ3n) is 4.83. The Hall–Kier alpha value is -0.120. The van der Waals surface area contributed by atoms with Gasteiger partial charge in [0, 0.05) is 11.6 Å². The summed E-state index contributed by atoms with van der Waals surface area (Å²) in [6, 6.07) is 0.720. The largest absolute Gasteiger partial charge is 0.394 e. The van der Waals surface area contributed by atoms with Crippen molar-refractivity contribution in [3.8, 4) is 0 Å². The summed E-state index contributed by atoms with van der Waals surface area (Å²) in [7, 11) is 0. The highest BCUT2D eigenvalue weighted by Crippen LogP contribution is 2.23. The van der Waals surface area contributed by atoms with Crippen LogP contribution in [-0.4, -0.2) is 47.8 Å². The summed E-state index contributed by atoms with van der Waals surface area (Å²) < 4.78 is 0. The Bertz CT molecular complexity index is 247. The van der Waals surface area contributed by atoms with Gasteiger partial charge in [-0.05, 0) is 71.5 Å². The Balaban J connectivity index is 2.31. The molecule has 0 saturated carbocycles. The van der Waals surface area contributed by atoms with E-state index < -0.39 is 0 Å². The van der Waals surface area contributed by atoms with Gasteiger partial charge in [0.2, 0.25) is 0 Å². The molecule has 3 heteroatoms. The van der Waals surface area contributed by atoms with Gasteiger partial charge < -0.3 is 15.3 Å².